The van der Waals surface area contributed by atoms with Crippen LogP contribution in [0.25, 0.3) is 11.1 Å². The Labute approximate surface area is 161 Å². The number of carboxylic acid groups (broad SMARTS) is 1. The molecule has 1 saturated heterocycles. The number of ether oxygens (including phenoxy) is 1. The molecule has 0 amide bonds. The lowest BCUT2D eigenvalue weighted by Crippen LogP contribution is -2.37. The lowest BCUT2D eigenvalue weighted by molar-refractivity contribution is 0.0696. The van der Waals surface area contributed by atoms with Crippen LogP contribution in [0.5, 0.6) is 5.75 Å². The zero-order valence-electron chi connectivity index (χ0n) is 14.5. The molecule has 1 heterocycles. The molecular formula is C18H18FNO5S2. The molecule has 2 aromatic carbocycles. The van der Waals surface area contributed by atoms with Crippen molar-refractivity contribution >= 4 is 27.8 Å². The minimum Gasteiger partial charge on any atom is -0.496 e. The van der Waals surface area contributed by atoms with E-state index in [2.05, 4.69) is 0 Å². The van der Waals surface area contributed by atoms with Crippen molar-refractivity contribution in [2.75, 3.05) is 31.7 Å². The Balaban J connectivity index is 2.16. The molecule has 0 saturated carbocycles. The highest BCUT2D eigenvalue weighted by Gasteiger charge is 2.28. The molecule has 144 valence electrons. The Bertz CT molecular complexity index is 972. The van der Waals surface area contributed by atoms with Gasteiger partial charge in [0.2, 0.25) is 10.0 Å². The third-order valence-electron chi connectivity index (χ3n) is 4.24. The maximum absolute atomic E-state index is 13.5. The second-order valence-corrected chi connectivity index (χ2v) is 9.07. The Morgan fingerprint density at radius 1 is 1.19 bits per heavy atom. The highest BCUT2D eigenvalue weighted by molar-refractivity contribution is 7.99. The van der Waals surface area contributed by atoms with Gasteiger partial charge >= 0.3 is 5.97 Å². The van der Waals surface area contributed by atoms with E-state index in [1.165, 1.54) is 41.7 Å². The second kappa shape index (κ2) is 7.87. The Hall–Kier alpha value is -2.10. The van der Waals surface area contributed by atoms with Crippen molar-refractivity contribution in [2.45, 2.75) is 4.90 Å². The van der Waals surface area contributed by atoms with E-state index in [0.29, 0.717) is 35.7 Å². The molecule has 0 aliphatic carbocycles. The van der Waals surface area contributed by atoms with Crippen LogP contribution in [-0.2, 0) is 10.0 Å². The van der Waals surface area contributed by atoms with Crippen LogP contribution in [0.15, 0.2) is 41.3 Å². The molecule has 2 aromatic rings. The number of carbonyl (C=O) groups is 1. The van der Waals surface area contributed by atoms with E-state index in [0.717, 1.165) is 6.07 Å². The number of hydrogen-bond acceptors (Lipinski definition) is 5. The first-order valence-corrected chi connectivity index (χ1v) is 10.7. The van der Waals surface area contributed by atoms with Gasteiger partial charge in [-0.1, -0.05) is 0 Å². The molecule has 0 radical (unpaired) electrons. The fraction of sp³-hybridized carbons (Fsp3) is 0.278. The van der Waals surface area contributed by atoms with Crippen LogP contribution < -0.4 is 4.74 Å². The van der Waals surface area contributed by atoms with E-state index in [1.807, 2.05) is 0 Å². The summed E-state index contributed by atoms with van der Waals surface area (Å²) >= 11 is 1.67. The van der Waals surface area contributed by atoms with E-state index in [1.54, 1.807) is 11.8 Å². The molecule has 1 N–H and O–H groups in total. The van der Waals surface area contributed by atoms with Crippen molar-refractivity contribution in [1.82, 2.24) is 4.31 Å². The zero-order chi connectivity index (χ0) is 19.6. The number of carboxylic acids is 1. The predicted octanol–water partition coefficient (Wildman–Crippen LogP) is 2.94. The van der Waals surface area contributed by atoms with Crippen LogP contribution in [-0.4, -0.2) is 55.5 Å². The number of thioether (sulfide) groups is 1. The van der Waals surface area contributed by atoms with Gasteiger partial charge in [0.25, 0.3) is 0 Å². The van der Waals surface area contributed by atoms with Gasteiger partial charge in [0, 0.05) is 36.2 Å². The molecule has 0 bridgehead atoms. The van der Waals surface area contributed by atoms with Gasteiger partial charge in [0.05, 0.1) is 17.6 Å². The highest BCUT2D eigenvalue weighted by atomic mass is 32.2. The fourth-order valence-electron chi connectivity index (χ4n) is 2.87. The quantitative estimate of drug-likeness (QED) is 0.815. The summed E-state index contributed by atoms with van der Waals surface area (Å²) in [7, 11) is -2.47. The number of benzene rings is 2. The second-order valence-electron chi connectivity index (χ2n) is 5.91. The highest BCUT2D eigenvalue weighted by Crippen LogP contribution is 2.33. The van der Waals surface area contributed by atoms with Crippen LogP contribution >= 0.6 is 11.8 Å². The number of hydrogen-bond donors (Lipinski definition) is 1. The number of rotatable bonds is 5. The summed E-state index contributed by atoms with van der Waals surface area (Å²) in [6, 6.07) is 7.71. The van der Waals surface area contributed by atoms with Crippen LogP contribution in [0.2, 0.25) is 0 Å². The average Bonchev–Trinajstić information content (AvgIpc) is 2.68. The van der Waals surface area contributed by atoms with E-state index in [-0.39, 0.29) is 16.2 Å². The Morgan fingerprint density at radius 2 is 1.89 bits per heavy atom. The number of halogens is 1. The summed E-state index contributed by atoms with van der Waals surface area (Å²) in [5.74, 6) is -0.185. The Morgan fingerprint density at radius 3 is 2.52 bits per heavy atom. The fourth-order valence-corrected chi connectivity index (χ4v) is 5.51. The monoisotopic (exact) mass is 411 g/mol. The van der Waals surface area contributed by atoms with E-state index in [4.69, 9.17) is 4.74 Å². The predicted molar refractivity (Wildman–Crippen MR) is 101 cm³/mol. The summed E-state index contributed by atoms with van der Waals surface area (Å²) in [6.45, 7) is 0.749. The van der Waals surface area contributed by atoms with Gasteiger partial charge < -0.3 is 9.84 Å². The number of sulfonamides is 1. The van der Waals surface area contributed by atoms with Crippen molar-refractivity contribution in [3.63, 3.8) is 0 Å². The average molecular weight is 411 g/mol. The van der Waals surface area contributed by atoms with Crippen LogP contribution in [0, 0.1) is 5.82 Å². The first-order valence-electron chi connectivity index (χ1n) is 8.13. The lowest BCUT2D eigenvalue weighted by atomic mass is 10.0. The van der Waals surface area contributed by atoms with Gasteiger partial charge in [0.1, 0.15) is 11.6 Å². The lowest BCUT2D eigenvalue weighted by Gasteiger charge is -2.26. The summed E-state index contributed by atoms with van der Waals surface area (Å²) < 4.78 is 46.0. The summed E-state index contributed by atoms with van der Waals surface area (Å²) in [6.07, 6.45) is 0. The molecule has 1 aliphatic rings. The molecular weight excluding hydrogens is 393 g/mol. The third-order valence-corrected chi connectivity index (χ3v) is 7.05. The molecule has 27 heavy (non-hydrogen) atoms. The van der Waals surface area contributed by atoms with Crippen molar-refractivity contribution in [3.05, 3.63) is 47.8 Å². The molecule has 6 nitrogen and oxygen atoms in total. The number of methoxy groups -OCH3 is 1. The normalized spacial score (nSPS) is 15.5. The molecule has 9 heteroatoms. The van der Waals surface area contributed by atoms with Crippen LogP contribution in [0.3, 0.4) is 0 Å². The largest absolute Gasteiger partial charge is 0.496 e. The van der Waals surface area contributed by atoms with Gasteiger partial charge in [-0.05, 0) is 35.9 Å². The van der Waals surface area contributed by atoms with Crippen molar-refractivity contribution in [1.29, 1.82) is 0 Å². The maximum atomic E-state index is 13.5. The number of nitrogens with zero attached hydrogens (tertiary/aromatic N) is 1. The van der Waals surface area contributed by atoms with Crippen molar-refractivity contribution in [2.24, 2.45) is 0 Å². The smallest absolute Gasteiger partial charge is 0.335 e. The molecule has 0 atom stereocenters. The molecule has 0 unspecified atom stereocenters. The van der Waals surface area contributed by atoms with Gasteiger partial charge in [-0.25, -0.2) is 17.6 Å². The van der Waals surface area contributed by atoms with Crippen LogP contribution in [0.4, 0.5) is 4.39 Å². The minimum absolute atomic E-state index is 0.101. The summed E-state index contributed by atoms with van der Waals surface area (Å²) in [5.41, 5.74) is 0.577. The topological polar surface area (TPSA) is 83.9 Å². The standard InChI is InChI=1S/C18H18FNO5S2/c1-25-17-11-14(19)2-3-16(17)12-8-13(18(21)22)10-15(9-12)27(23,24)20-4-6-26-7-5-20/h2-3,8-11H,4-7H2,1H3,(H,21,22). The van der Waals surface area contributed by atoms with E-state index < -0.39 is 21.8 Å². The molecule has 0 spiro atoms. The molecule has 0 aromatic heterocycles. The first kappa shape index (κ1) is 19.7. The van der Waals surface area contributed by atoms with E-state index in [9.17, 15) is 22.7 Å². The molecule has 1 fully saturated rings. The van der Waals surface area contributed by atoms with Gasteiger partial charge in [-0.2, -0.15) is 16.1 Å². The number of aromatic carboxylic acids is 1. The molecule has 3 rings (SSSR count). The van der Waals surface area contributed by atoms with Crippen molar-refractivity contribution < 1.29 is 27.4 Å². The Kier molecular flexibility index (Phi) is 5.73. The van der Waals surface area contributed by atoms with Gasteiger partial charge in [-0.15, -0.1) is 0 Å². The maximum Gasteiger partial charge on any atom is 0.335 e. The summed E-state index contributed by atoms with van der Waals surface area (Å²) in [4.78, 5) is 11.4. The SMILES string of the molecule is COc1cc(F)ccc1-c1cc(C(=O)O)cc(S(=O)(=O)N2CCSCC2)c1. The van der Waals surface area contributed by atoms with Gasteiger partial charge in [-0.3, -0.25) is 0 Å². The zero-order valence-corrected chi connectivity index (χ0v) is 16.1. The molecule has 1 aliphatic heterocycles. The van der Waals surface area contributed by atoms with E-state index >= 15 is 0 Å². The summed E-state index contributed by atoms with van der Waals surface area (Å²) in [5, 5.41) is 9.42. The van der Waals surface area contributed by atoms with Crippen molar-refractivity contribution in [3.8, 4) is 16.9 Å². The third kappa shape index (κ3) is 4.10. The van der Waals surface area contributed by atoms with Gasteiger partial charge in [0.15, 0.2) is 0 Å². The van der Waals surface area contributed by atoms with Crippen LogP contribution in [0.1, 0.15) is 10.4 Å². The first-order chi connectivity index (χ1) is 12.8. The minimum atomic E-state index is -3.83.